The Kier molecular flexibility index (Phi) is 4.43. The van der Waals surface area contributed by atoms with Crippen LogP contribution < -0.4 is 16.1 Å². The van der Waals surface area contributed by atoms with Crippen molar-refractivity contribution in [2.24, 2.45) is 23.5 Å². The number of nitrogens with zero attached hydrogens (tertiary/aromatic N) is 2. The molecule has 3 aliphatic rings. The van der Waals surface area contributed by atoms with Gasteiger partial charge in [0.05, 0.1) is 10.9 Å². The van der Waals surface area contributed by atoms with Gasteiger partial charge in [0, 0.05) is 25.3 Å². The van der Waals surface area contributed by atoms with Crippen LogP contribution in [0.5, 0.6) is 0 Å². The van der Waals surface area contributed by atoms with Crippen LogP contribution in [0.1, 0.15) is 35.7 Å². The van der Waals surface area contributed by atoms with Gasteiger partial charge in [0.25, 0.3) is 0 Å². The highest BCUT2D eigenvalue weighted by molar-refractivity contribution is 5.94. The van der Waals surface area contributed by atoms with E-state index in [9.17, 15) is 14.7 Å². The number of anilines is 1. The predicted molar refractivity (Wildman–Crippen MR) is 109 cm³/mol. The van der Waals surface area contributed by atoms with E-state index in [1.807, 2.05) is 0 Å². The summed E-state index contributed by atoms with van der Waals surface area (Å²) in [6.45, 7) is 1.51. The fourth-order valence-electron chi connectivity index (χ4n) is 5.13. The van der Waals surface area contributed by atoms with Crippen molar-refractivity contribution in [1.82, 2.24) is 4.57 Å². The Morgan fingerprint density at radius 2 is 2.03 bits per heavy atom. The van der Waals surface area contributed by atoms with E-state index in [-0.39, 0.29) is 40.4 Å². The summed E-state index contributed by atoms with van der Waals surface area (Å²) in [6, 6.07) is 0.921. The molecule has 2 aliphatic carbocycles. The number of benzene rings is 1. The highest BCUT2D eigenvalue weighted by Crippen LogP contribution is 2.42. The van der Waals surface area contributed by atoms with Crippen LogP contribution in [0, 0.1) is 29.4 Å². The van der Waals surface area contributed by atoms with Crippen molar-refractivity contribution >= 4 is 22.6 Å². The number of hydrogen-bond acceptors (Lipinski definition) is 4. The van der Waals surface area contributed by atoms with Crippen molar-refractivity contribution in [3.05, 3.63) is 51.8 Å². The van der Waals surface area contributed by atoms with Crippen molar-refractivity contribution < 1.29 is 18.7 Å². The lowest BCUT2D eigenvalue weighted by atomic mass is 9.78. The van der Waals surface area contributed by atoms with Crippen molar-refractivity contribution in [3.8, 4) is 0 Å². The molecule has 158 valence electrons. The highest BCUT2D eigenvalue weighted by Gasteiger charge is 2.40. The van der Waals surface area contributed by atoms with Crippen LogP contribution in [0.3, 0.4) is 0 Å². The molecule has 8 heteroatoms. The maximum absolute atomic E-state index is 15.8. The molecule has 1 aromatic heterocycles. The molecule has 3 atom stereocenters. The average Bonchev–Trinajstić information content (AvgIpc) is 3.46. The first-order chi connectivity index (χ1) is 14.4. The molecule has 2 aromatic rings. The molecular weight excluding hydrogens is 392 g/mol. The Hall–Kier alpha value is -2.74. The van der Waals surface area contributed by atoms with Crippen molar-refractivity contribution in [2.75, 3.05) is 24.5 Å². The van der Waals surface area contributed by atoms with Gasteiger partial charge in [-0.25, -0.2) is 13.6 Å². The molecule has 1 aliphatic heterocycles. The third-order valence-corrected chi connectivity index (χ3v) is 6.81. The molecule has 1 saturated heterocycles. The summed E-state index contributed by atoms with van der Waals surface area (Å²) in [7, 11) is 0. The first-order valence-corrected chi connectivity index (χ1v) is 10.3. The van der Waals surface area contributed by atoms with Crippen LogP contribution in [0.15, 0.2) is 29.2 Å². The fraction of sp³-hybridized carbons (Fsp3) is 0.455. The largest absolute Gasteiger partial charge is 0.477 e. The van der Waals surface area contributed by atoms with Gasteiger partial charge >= 0.3 is 5.97 Å². The molecule has 30 heavy (non-hydrogen) atoms. The number of nitrogens with two attached hydrogens (primary N) is 1. The van der Waals surface area contributed by atoms with Crippen LogP contribution in [0.4, 0.5) is 14.5 Å². The number of pyridine rings is 1. The van der Waals surface area contributed by atoms with E-state index in [4.69, 9.17) is 5.73 Å². The van der Waals surface area contributed by atoms with Gasteiger partial charge in [-0.2, -0.15) is 0 Å². The number of allylic oxidation sites excluding steroid dienone is 1. The molecule has 1 saturated carbocycles. The Labute approximate surface area is 171 Å². The molecule has 1 aromatic carbocycles. The Morgan fingerprint density at radius 3 is 2.70 bits per heavy atom. The number of carbonyl (C=O) groups is 1. The van der Waals surface area contributed by atoms with E-state index in [0.717, 1.165) is 25.3 Å². The predicted octanol–water partition coefficient (Wildman–Crippen LogP) is 2.90. The Morgan fingerprint density at radius 1 is 1.27 bits per heavy atom. The van der Waals surface area contributed by atoms with Crippen LogP contribution in [-0.4, -0.2) is 35.3 Å². The zero-order valence-corrected chi connectivity index (χ0v) is 16.4. The lowest BCUT2D eigenvalue weighted by Crippen LogP contribution is -2.30. The number of rotatable bonds is 4. The van der Waals surface area contributed by atoms with E-state index in [1.165, 1.54) is 10.8 Å². The Bertz CT molecular complexity index is 1140. The summed E-state index contributed by atoms with van der Waals surface area (Å²) in [5.41, 5.74) is 4.43. The summed E-state index contributed by atoms with van der Waals surface area (Å²) in [6.07, 6.45) is 7.79. The van der Waals surface area contributed by atoms with Gasteiger partial charge in [0.1, 0.15) is 17.1 Å². The molecule has 0 spiro atoms. The number of carboxylic acid groups (broad SMARTS) is 1. The van der Waals surface area contributed by atoms with E-state index in [1.54, 1.807) is 4.90 Å². The van der Waals surface area contributed by atoms with E-state index in [2.05, 4.69) is 12.2 Å². The topological polar surface area (TPSA) is 88.6 Å². The quantitative estimate of drug-likeness (QED) is 0.750. The van der Waals surface area contributed by atoms with Gasteiger partial charge in [-0.15, -0.1) is 0 Å². The standard InChI is InChI=1S/C22H23F2N3O3/c23-17-6-14-19(27(13-4-5-13)10-16(21(14)28)22(29)30)18(24)20(17)26-8-12-3-1-2-11(7-25)15(12)9-26/h1,3,6,10-13,15H,2,4-5,7-9,25H2,(H,29,30). The molecular formula is C22H23F2N3O3. The van der Waals surface area contributed by atoms with Crippen LogP contribution in [-0.2, 0) is 0 Å². The van der Waals surface area contributed by atoms with Gasteiger partial charge in [-0.1, -0.05) is 12.2 Å². The fourth-order valence-corrected chi connectivity index (χ4v) is 5.13. The molecule has 3 N–H and O–H groups in total. The molecule has 0 amide bonds. The van der Waals surface area contributed by atoms with Crippen molar-refractivity contribution in [3.63, 3.8) is 0 Å². The van der Waals surface area contributed by atoms with Gasteiger partial charge in [-0.05, 0) is 49.6 Å². The SMILES string of the molecule is NCC1CC=CC2CN(c3c(F)cc4c(=O)c(C(=O)O)cn(C5CC5)c4c3F)CC21. The minimum absolute atomic E-state index is 0.00955. The number of carboxylic acids is 1. The lowest BCUT2D eigenvalue weighted by molar-refractivity contribution is 0.0695. The summed E-state index contributed by atoms with van der Waals surface area (Å²) in [5.74, 6) is -2.34. The van der Waals surface area contributed by atoms with Gasteiger partial charge in [0.15, 0.2) is 5.82 Å². The zero-order chi connectivity index (χ0) is 21.2. The molecule has 0 radical (unpaired) electrons. The number of fused-ring (bicyclic) bond motifs is 2. The average molecular weight is 415 g/mol. The summed E-state index contributed by atoms with van der Waals surface area (Å²) >= 11 is 0. The summed E-state index contributed by atoms with van der Waals surface area (Å²) in [5, 5.41) is 9.13. The lowest BCUT2D eigenvalue weighted by Gasteiger charge is -2.27. The monoisotopic (exact) mass is 415 g/mol. The number of aromatic nitrogens is 1. The van der Waals surface area contributed by atoms with Crippen molar-refractivity contribution in [2.45, 2.75) is 25.3 Å². The molecule has 6 nitrogen and oxygen atoms in total. The number of halogens is 2. The summed E-state index contributed by atoms with van der Waals surface area (Å²) in [4.78, 5) is 25.8. The van der Waals surface area contributed by atoms with Crippen LogP contribution in [0.2, 0.25) is 0 Å². The van der Waals surface area contributed by atoms with E-state index >= 15 is 8.78 Å². The van der Waals surface area contributed by atoms with Gasteiger partial charge in [-0.3, -0.25) is 4.79 Å². The van der Waals surface area contributed by atoms with Gasteiger partial charge < -0.3 is 20.3 Å². The summed E-state index contributed by atoms with van der Waals surface area (Å²) < 4.78 is 32.4. The van der Waals surface area contributed by atoms with Crippen LogP contribution >= 0.6 is 0 Å². The highest BCUT2D eigenvalue weighted by atomic mass is 19.1. The van der Waals surface area contributed by atoms with Crippen LogP contribution in [0.25, 0.3) is 10.9 Å². The second-order valence-electron chi connectivity index (χ2n) is 8.62. The number of aromatic carboxylic acids is 1. The van der Waals surface area contributed by atoms with Crippen molar-refractivity contribution in [1.29, 1.82) is 0 Å². The van der Waals surface area contributed by atoms with E-state index < -0.39 is 28.6 Å². The third-order valence-electron chi connectivity index (χ3n) is 6.81. The zero-order valence-electron chi connectivity index (χ0n) is 16.4. The third kappa shape index (κ3) is 2.85. The Balaban J connectivity index is 1.67. The normalized spacial score (nSPS) is 25.7. The first-order valence-electron chi connectivity index (χ1n) is 10.3. The van der Waals surface area contributed by atoms with E-state index in [0.29, 0.717) is 19.6 Å². The second kappa shape index (κ2) is 6.91. The molecule has 5 rings (SSSR count). The first kappa shape index (κ1) is 19.2. The maximum atomic E-state index is 15.8. The van der Waals surface area contributed by atoms with Gasteiger partial charge in [0.2, 0.25) is 5.43 Å². The smallest absolute Gasteiger partial charge is 0.341 e. The minimum atomic E-state index is -1.40. The number of hydrogen-bond donors (Lipinski definition) is 2. The molecule has 0 bridgehead atoms. The molecule has 2 heterocycles. The molecule has 2 fully saturated rings. The second-order valence-corrected chi connectivity index (χ2v) is 8.62. The minimum Gasteiger partial charge on any atom is -0.477 e. The molecule has 3 unspecified atom stereocenters. The maximum Gasteiger partial charge on any atom is 0.341 e.